The minimum absolute atomic E-state index is 0.333. The molecule has 9 heavy (non-hydrogen) atoms. The van der Waals surface area contributed by atoms with Crippen LogP contribution in [0.2, 0.25) is 0 Å². The summed E-state index contributed by atoms with van der Waals surface area (Å²) in [6, 6.07) is 0. The minimum atomic E-state index is -0.333. The Labute approximate surface area is 58.7 Å². The summed E-state index contributed by atoms with van der Waals surface area (Å²) in [4.78, 5) is 5.19. The Morgan fingerprint density at radius 2 is 2.56 bits per heavy atom. The number of rotatable bonds is 0. The van der Waals surface area contributed by atoms with Gasteiger partial charge in [0.1, 0.15) is 0 Å². The van der Waals surface area contributed by atoms with Gasteiger partial charge in [-0.2, -0.15) is 5.26 Å². The fourth-order valence-electron chi connectivity index (χ4n) is 0.492. The summed E-state index contributed by atoms with van der Waals surface area (Å²) in [6.45, 7) is 0. The Morgan fingerprint density at radius 1 is 1.78 bits per heavy atom. The van der Waals surface area contributed by atoms with Crippen molar-refractivity contribution in [2.75, 3.05) is 0 Å². The zero-order chi connectivity index (χ0) is 6.69. The summed E-state index contributed by atoms with van der Waals surface area (Å²) in [5, 5.41) is 8.36. The average molecular weight is 139 g/mol. The molecule has 0 aromatic rings. The predicted octanol–water partition coefficient (Wildman–Crippen LogP) is 0.581. The van der Waals surface area contributed by atoms with E-state index < -0.39 is 0 Å². The van der Waals surface area contributed by atoms with Gasteiger partial charge in [-0.15, -0.1) is 12.6 Å². The molecule has 1 unspecified atom stereocenters. The van der Waals surface area contributed by atoms with Crippen molar-refractivity contribution in [3.8, 4) is 6.19 Å². The number of hydrogen-bond acceptors (Lipinski definition) is 4. The molecule has 46 valence electrons. The van der Waals surface area contributed by atoms with Crippen molar-refractivity contribution in [2.24, 2.45) is 4.99 Å². The second kappa shape index (κ2) is 2.55. The number of aliphatic imine (C=N–C) groups is 1. The van der Waals surface area contributed by atoms with Gasteiger partial charge in [-0.1, -0.05) is 0 Å². The highest BCUT2D eigenvalue weighted by Crippen LogP contribution is 2.06. The van der Waals surface area contributed by atoms with Crippen LogP contribution in [-0.4, -0.2) is 16.6 Å². The molecule has 0 saturated heterocycles. The maximum Gasteiger partial charge on any atom is 0.186 e. The first-order valence-electron chi connectivity index (χ1n) is 2.40. The molecular formula is C5H5N3S. The van der Waals surface area contributed by atoms with Gasteiger partial charge < -0.3 is 0 Å². The standard InChI is InChI=1S/C5H5N3S/c6-4-8-3-1-2-7-5(8)9/h1-3,5,9H. The maximum absolute atomic E-state index is 8.36. The molecule has 1 rings (SSSR count). The van der Waals surface area contributed by atoms with Crippen molar-refractivity contribution in [1.82, 2.24) is 4.90 Å². The molecule has 0 bridgehead atoms. The number of allylic oxidation sites excluding steroid dienone is 1. The van der Waals surface area contributed by atoms with Crippen molar-refractivity contribution in [2.45, 2.75) is 5.50 Å². The SMILES string of the molecule is N#CN1C=CC=NC1S. The largest absolute Gasteiger partial charge is 0.257 e. The first kappa shape index (κ1) is 6.17. The predicted molar refractivity (Wildman–Crippen MR) is 37.9 cm³/mol. The summed E-state index contributed by atoms with van der Waals surface area (Å²) >= 11 is 3.99. The first-order chi connectivity index (χ1) is 4.34. The Hall–Kier alpha value is -0.950. The van der Waals surface area contributed by atoms with Crippen LogP contribution in [0, 0.1) is 11.5 Å². The van der Waals surface area contributed by atoms with Crippen molar-refractivity contribution in [3.63, 3.8) is 0 Å². The van der Waals surface area contributed by atoms with Crippen molar-refractivity contribution in [3.05, 3.63) is 12.3 Å². The minimum Gasteiger partial charge on any atom is -0.257 e. The van der Waals surface area contributed by atoms with Gasteiger partial charge in [-0.05, 0) is 6.08 Å². The van der Waals surface area contributed by atoms with Crippen LogP contribution < -0.4 is 0 Å². The lowest BCUT2D eigenvalue weighted by Crippen LogP contribution is -2.20. The van der Waals surface area contributed by atoms with Gasteiger partial charge in [0.15, 0.2) is 11.7 Å². The van der Waals surface area contributed by atoms with Crippen LogP contribution in [0.15, 0.2) is 17.3 Å². The van der Waals surface area contributed by atoms with Crippen molar-refractivity contribution in [1.29, 1.82) is 5.26 Å². The lowest BCUT2D eigenvalue weighted by molar-refractivity contribution is 0.503. The topological polar surface area (TPSA) is 39.4 Å². The van der Waals surface area contributed by atoms with Crippen LogP contribution in [0.1, 0.15) is 0 Å². The zero-order valence-corrected chi connectivity index (χ0v) is 5.49. The maximum atomic E-state index is 8.36. The molecule has 1 heterocycles. The Morgan fingerprint density at radius 3 is 3.00 bits per heavy atom. The molecule has 3 nitrogen and oxygen atoms in total. The number of thiol groups is 1. The van der Waals surface area contributed by atoms with Crippen LogP contribution in [0.3, 0.4) is 0 Å². The fraction of sp³-hybridized carbons (Fsp3) is 0.200. The highest BCUT2D eigenvalue weighted by molar-refractivity contribution is 7.80. The molecule has 0 N–H and O–H groups in total. The third-order valence-electron chi connectivity index (χ3n) is 0.916. The Kier molecular flexibility index (Phi) is 1.75. The second-order valence-electron chi connectivity index (χ2n) is 1.49. The van der Waals surface area contributed by atoms with E-state index in [1.54, 1.807) is 18.5 Å². The van der Waals surface area contributed by atoms with Crippen LogP contribution in [0.5, 0.6) is 0 Å². The van der Waals surface area contributed by atoms with Gasteiger partial charge in [-0.25, -0.2) is 0 Å². The van der Waals surface area contributed by atoms with Crippen LogP contribution in [-0.2, 0) is 0 Å². The molecule has 0 aromatic carbocycles. The molecular weight excluding hydrogens is 134 g/mol. The van der Waals surface area contributed by atoms with E-state index in [1.807, 2.05) is 6.19 Å². The molecule has 1 aliphatic rings. The van der Waals surface area contributed by atoms with E-state index in [4.69, 9.17) is 5.26 Å². The normalized spacial score (nSPS) is 24.0. The molecule has 1 atom stereocenters. The van der Waals surface area contributed by atoms with E-state index in [9.17, 15) is 0 Å². The Bertz CT molecular complexity index is 191. The van der Waals surface area contributed by atoms with Crippen LogP contribution in [0.4, 0.5) is 0 Å². The highest BCUT2D eigenvalue weighted by Gasteiger charge is 2.07. The van der Waals surface area contributed by atoms with Gasteiger partial charge >= 0.3 is 0 Å². The molecule has 4 heteroatoms. The molecule has 0 aliphatic carbocycles. The number of nitrogens with zero attached hydrogens (tertiary/aromatic N) is 3. The zero-order valence-electron chi connectivity index (χ0n) is 4.60. The van der Waals surface area contributed by atoms with Gasteiger partial charge in [0.05, 0.1) is 0 Å². The summed E-state index contributed by atoms with van der Waals surface area (Å²) in [6.07, 6.45) is 6.85. The lowest BCUT2D eigenvalue weighted by atomic mass is 10.5. The monoisotopic (exact) mass is 139 g/mol. The summed E-state index contributed by atoms with van der Waals surface area (Å²) in [5.74, 6) is 0. The molecule has 0 fully saturated rings. The van der Waals surface area contributed by atoms with Crippen LogP contribution >= 0.6 is 12.6 Å². The van der Waals surface area contributed by atoms with Gasteiger partial charge in [0.2, 0.25) is 0 Å². The third-order valence-corrected chi connectivity index (χ3v) is 1.30. The van der Waals surface area contributed by atoms with E-state index in [1.165, 1.54) is 4.90 Å². The van der Waals surface area contributed by atoms with E-state index in [-0.39, 0.29) is 5.50 Å². The molecule has 0 amide bonds. The van der Waals surface area contributed by atoms with Gasteiger partial charge in [0.25, 0.3) is 0 Å². The van der Waals surface area contributed by atoms with Gasteiger partial charge in [0, 0.05) is 12.4 Å². The van der Waals surface area contributed by atoms with E-state index in [0.29, 0.717) is 0 Å². The summed E-state index contributed by atoms with van der Waals surface area (Å²) in [5.41, 5.74) is -0.333. The molecule has 0 spiro atoms. The molecule has 0 saturated carbocycles. The van der Waals surface area contributed by atoms with Crippen molar-refractivity contribution < 1.29 is 0 Å². The Balaban J connectivity index is 2.68. The summed E-state index contributed by atoms with van der Waals surface area (Å²) < 4.78 is 0. The smallest absolute Gasteiger partial charge is 0.186 e. The highest BCUT2D eigenvalue weighted by atomic mass is 32.1. The number of hydrogen-bond donors (Lipinski definition) is 1. The van der Waals surface area contributed by atoms with Crippen LogP contribution in [0.25, 0.3) is 0 Å². The van der Waals surface area contributed by atoms with Crippen molar-refractivity contribution >= 4 is 18.8 Å². The van der Waals surface area contributed by atoms with Gasteiger partial charge in [-0.3, -0.25) is 9.89 Å². The van der Waals surface area contributed by atoms with E-state index >= 15 is 0 Å². The third kappa shape index (κ3) is 1.24. The van der Waals surface area contributed by atoms with E-state index in [2.05, 4.69) is 17.6 Å². The number of nitriles is 1. The lowest BCUT2D eigenvalue weighted by Gasteiger charge is -2.15. The second-order valence-corrected chi connectivity index (χ2v) is 1.96. The molecule has 0 radical (unpaired) electrons. The average Bonchev–Trinajstić information content (AvgIpc) is 1.89. The first-order valence-corrected chi connectivity index (χ1v) is 2.92. The summed E-state index contributed by atoms with van der Waals surface area (Å²) in [7, 11) is 0. The van der Waals surface area contributed by atoms with E-state index in [0.717, 1.165) is 0 Å². The molecule has 1 aliphatic heterocycles. The molecule has 0 aromatic heterocycles. The fourth-order valence-corrected chi connectivity index (χ4v) is 0.697. The quantitative estimate of drug-likeness (QED) is 0.394.